The number of aromatic nitrogens is 1. The van der Waals surface area contributed by atoms with Crippen molar-refractivity contribution in [3.63, 3.8) is 0 Å². The number of nitrogens with zero attached hydrogens (tertiary/aromatic N) is 1. The molecule has 0 amide bonds. The molecule has 2 aromatic rings. The number of aromatic carboxylic acids is 1. The van der Waals surface area contributed by atoms with E-state index in [1.807, 2.05) is 6.07 Å². The molecule has 3 nitrogen and oxygen atoms in total. The van der Waals surface area contributed by atoms with Crippen LogP contribution in [0.4, 0.5) is 0 Å². The number of hydrogen-bond acceptors (Lipinski definition) is 3. The van der Waals surface area contributed by atoms with Crippen LogP contribution in [-0.4, -0.2) is 16.1 Å². The van der Waals surface area contributed by atoms with E-state index in [1.54, 1.807) is 23.5 Å². The van der Waals surface area contributed by atoms with E-state index in [-0.39, 0.29) is 0 Å². The molecule has 1 aliphatic rings. The Bertz CT molecular complexity index is 543. The Morgan fingerprint density at radius 1 is 1.47 bits per heavy atom. The fourth-order valence-electron chi connectivity index (χ4n) is 1.64. The summed E-state index contributed by atoms with van der Waals surface area (Å²) >= 11 is 1.62. The van der Waals surface area contributed by atoms with Crippen molar-refractivity contribution < 1.29 is 9.90 Å². The van der Waals surface area contributed by atoms with Gasteiger partial charge in [0.05, 0.1) is 20.8 Å². The van der Waals surface area contributed by atoms with Crippen LogP contribution in [0.3, 0.4) is 0 Å². The van der Waals surface area contributed by atoms with Gasteiger partial charge >= 0.3 is 5.97 Å². The summed E-state index contributed by atoms with van der Waals surface area (Å²) in [7, 11) is 0. The van der Waals surface area contributed by atoms with Gasteiger partial charge in [0.15, 0.2) is 0 Å². The second kappa shape index (κ2) is 3.03. The summed E-state index contributed by atoms with van der Waals surface area (Å²) in [6, 6.07) is 5.33. The Kier molecular flexibility index (Phi) is 1.79. The number of carboxylic acid groups (broad SMARTS) is 1. The lowest BCUT2D eigenvalue weighted by molar-refractivity contribution is 0.0699. The van der Waals surface area contributed by atoms with E-state index in [0.29, 0.717) is 17.0 Å². The molecule has 4 heteroatoms. The maximum atomic E-state index is 11.0. The Labute approximate surface area is 90.4 Å². The molecule has 0 spiro atoms. The van der Waals surface area contributed by atoms with Crippen molar-refractivity contribution in [2.45, 2.75) is 18.8 Å². The normalized spacial score (nSPS) is 15.7. The van der Waals surface area contributed by atoms with Crippen LogP contribution in [0.15, 0.2) is 18.2 Å². The molecule has 1 saturated carbocycles. The van der Waals surface area contributed by atoms with Gasteiger partial charge in [0.1, 0.15) is 0 Å². The third-order valence-electron chi connectivity index (χ3n) is 2.59. The smallest absolute Gasteiger partial charge is 0.337 e. The Hall–Kier alpha value is -1.42. The van der Waals surface area contributed by atoms with Crippen molar-refractivity contribution >= 4 is 27.5 Å². The zero-order chi connectivity index (χ0) is 10.4. The van der Waals surface area contributed by atoms with Crippen molar-refractivity contribution in [3.05, 3.63) is 28.8 Å². The lowest BCUT2D eigenvalue weighted by Crippen LogP contribution is -1.96. The first kappa shape index (κ1) is 8.85. The molecule has 1 aromatic carbocycles. The summed E-state index contributed by atoms with van der Waals surface area (Å²) in [5, 5.41) is 10.1. The van der Waals surface area contributed by atoms with Gasteiger partial charge < -0.3 is 5.11 Å². The number of hydrogen-bond donors (Lipinski definition) is 1. The molecule has 1 fully saturated rings. The zero-order valence-corrected chi connectivity index (χ0v) is 8.75. The molecule has 0 unspecified atom stereocenters. The van der Waals surface area contributed by atoms with E-state index in [1.165, 1.54) is 12.8 Å². The number of carbonyl (C=O) groups is 1. The van der Waals surface area contributed by atoms with Gasteiger partial charge in [0.2, 0.25) is 0 Å². The van der Waals surface area contributed by atoms with Crippen molar-refractivity contribution in [2.24, 2.45) is 0 Å². The molecule has 1 heterocycles. The Balaban J connectivity index is 2.23. The van der Waals surface area contributed by atoms with Crippen molar-refractivity contribution in [1.29, 1.82) is 0 Å². The summed E-state index contributed by atoms with van der Waals surface area (Å²) in [6.07, 6.45) is 2.39. The fraction of sp³-hybridized carbons (Fsp3) is 0.273. The summed E-state index contributed by atoms with van der Waals surface area (Å²) in [5.41, 5.74) is 0.965. The molecule has 3 rings (SSSR count). The van der Waals surface area contributed by atoms with E-state index in [4.69, 9.17) is 5.11 Å². The molecule has 0 saturated heterocycles. The molecule has 0 atom stereocenters. The Morgan fingerprint density at radius 2 is 2.27 bits per heavy atom. The zero-order valence-electron chi connectivity index (χ0n) is 7.93. The highest BCUT2D eigenvalue weighted by atomic mass is 32.1. The van der Waals surface area contributed by atoms with E-state index in [2.05, 4.69) is 4.98 Å². The first-order valence-corrected chi connectivity index (χ1v) is 5.70. The number of carboxylic acids is 1. The molecule has 1 aromatic heterocycles. The largest absolute Gasteiger partial charge is 0.478 e. The van der Waals surface area contributed by atoms with Crippen LogP contribution in [-0.2, 0) is 0 Å². The second-order valence-corrected chi connectivity index (χ2v) is 4.85. The molecule has 15 heavy (non-hydrogen) atoms. The van der Waals surface area contributed by atoms with E-state index in [9.17, 15) is 4.79 Å². The van der Waals surface area contributed by atoms with Gasteiger partial charge in [-0.05, 0) is 25.0 Å². The summed E-state index contributed by atoms with van der Waals surface area (Å²) in [5.74, 6) is -0.308. The molecule has 1 aliphatic carbocycles. The highest BCUT2D eigenvalue weighted by Crippen LogP contribution is 2.43. The van der Waals surface area contributed by atoms with Gasteiger partial charge in [-0.25, -0.2) is 9.78 Å². The molecule has 76 valence electrons. The monoisotopic (exact) mass is 219 g/mol. The second-order valence-electron chi connectivity index (χ2n) is 3.78. The molecular weight excluding hydrogens is 210 g/mol. The molecule has 0 aliphatic heterocycles. The van der Waals surface area contributed by atoms with Crippen molar-refractivity contribution in [2.75, 3.05) is 0 Å². The molecule has 1 N–H and O–H groups in total. The summed E-state index contributed by atoms with van der Waals surface area (Å²) in [4.78, 5) is 15.4. The number of thiazole rings is 1. The minimum atomic E-state index is -0.895. The van der Waals surface area contributed by atoms with Crippen LogP contribution in [0.5, 0.6) is 0 Å². The first-order chi connectivity index (χ1) is 7.25. The fourth-order valence-corrected chi connectivity index (χ4v) is 2.81. The van der Waals surface area contributed by atoms with Crippen molar-refractivity contribution in [1.82, 2.24) is 4.98 Å². The summed E-state index contributed by atoms with van der Waals surface area (Å²) in [6.45, 7) is 0. The lowest BCUT2D eigenvalue weighted by atomic mass is 10.2. The maximum absolute atomic E-state index is 11.0. The number of rotatable bonds is 2. The van der Waals surface area contributed by atoms with Gasteiger partial charge in [-0.15, -0.1) is 11.3 Å². The molecular formula is C11H9NO2S. The predicted molar refractivity (Wildman–Crippen MR) is 58.6 cm³/mol. The highest BCUT2D eigenvalue weighted by Gasteiger charge is 2.27. The Morgan fingerprint density at radius 3 is 2.93 bits per heavy atom. The average molecular weight is 219 g/mol. The summed E-state index contributed by atoms with van der Waals surface area (Å²) < 4.78 is 0.983. The average Bonchev–Trinajstić information content (AvgIpc) is 2.96. The maximum Gasteiger partial charge on any atom is 0.337 e. The van der Waals surface area contributed by atoms with E-state index >= 15 is 0 Å². The van der Waals surface area contributed by atoms with Crippen molar-refractivity contribution in [3.8, 4) is 0 Å². The standard InChI is InChI=1S/C11H9NO2S/c13-11(14)7-2-1-3-8-9(7)12-10(15-8)6-4-5-6/h1-3,6H,4-5H2,(H,13,14). The highest BCUT2D eigenvalue weighted by molar-refractivity contribution is 7.18. The van der Waals surface area contributed by atoms with Gasteiger partial charge in [-0.2, -0.15) is 0 Å². The van der Waals surface area contributed by atoms with Crippen LogP contribution in [0, 0.1) is 0 Å². The van der Waals surface area contributed by atoms with Crippen LogP contribution < -0.4 is 0 Å². The van der Waals surface area contributed by atoms with E-state index < -0.39 is 5.97 Å². The topological polar surface area (TPSA) is 50.2 Å². The van der Waals surface area contributed by atoms with Gasteiger partial charge in [-0.3, -0.25) is 0 Å². The molecule has 0 radical (unpaired) electrons. The quantitative estimate of drug-likeness (QED) is 0.844. The number of fused-ring (bicyclic) bond motifs is 1. The van der Waals surface area contributed by atoms with Gasteiger partial charge in [-0.1, -0.05) is 6.07 Å². The first-order valence-electron chi connectivity index (χ1n) is 4.88. The third kappa shape index (κ3) is 1.41. The van der Waals surface area contributed by atoms with Crippen LogP contribution in [0.1, 0.15) is 34.1 Å². The third-order valence-corrected chi connectivity index (χ3v) is 3.78. The van der Waals surface area contributed by atoms with Gasteiger partial charge in [0.25, 0.3) is 0 Å². The SMILES string of the molecule is O=C(O)c1cccc2sc(C3CC3)nc12. The van der Waals surface area contributed by atoms with Crippen LogP contribution in [0.25, 0.3) is 10.2 Å². The minimum absolute atomic E-state index is 0.315. The number of para-hydroxylation sites is 1. The van der Waals surface area contributed by atoms with Crippen LogP contribution >= 0.6 is 11.3 Å². The van der Waals surface area contributed by atoms with Gasteiger partial charge in [0, 0.05) is 5.92 Å². The number of benzene rings is 1. The molecule has 0 bridgehead atoms. The predicted octanol–water partition coefficient (Wildman–Crippen LogP) is 2.87. The van der Waals surface area contributed by atoms with E-state index in [0.717, 1.165) is 9.71 Å². The van der Waals surface area contributed by atoms with Crippen LogP contribution in [0.2, 0.25) is 0 Å². The minimum Gasteiger partial charge on any atom is -0.478 e. The lowest BCUT2D eigenvalue weighted by Gasteiger charge is -1.93.